The van der Waals surface area contributed by atoms with Gasteiger partial charge in [-0.25, -0.2) is 4.98 Å². The highest BCUT2D eigenvalue weighted by molar-refractivity contribution is 7.08. The highest BCUT2D eigenvalue weighted by atomic mass is 32.1. The molecule has 0 radical (unpaired) electrons. The van der Waals surface area contributed by atoms with Crippen molar-refractivity contribution in [2.45, 2.75) is 12.6 Å². The van der Waals surface area contributed by atoms with Crippen LogP contribution in [0.4, 0.5) is 18.9 Å². The summed E-state index contributed by atoms with van der Waals surface area (Å²) in [4.78, 5) is 20.8. The largest absolute Gasteiger partial charge is 0.491 e. The summed E-state index contributed by atoms with van der Waals surface area (Å²) in [7, 11) is 0. The van der Waals surface area contributed by atoms with Gasteiger partial charge in [-0.2, -0.15) is 24.5 Å². The number of benzene rings is 1. The van der Waals surface area contributed by atoms with Crippen molar-refractivity contribution in [3.63, 3.8) is 0 Å². The molecule has 0 bridgehead atoms. The second-order valence-corrected chi connectivity index (χ2v) is 8.51. The fraction of sp³-hybridized carbons (Fsp3) is 0.333. The molecule has 11 heteroatoms. The Hall–Kier alpha value is -3.33. The third-order valence-corrected chi connectivity index (χ3v) is 5.89. The molecule has 0 atom stereocenters. The number of imidazole rings is 1. The number of carbonyl (C=O) groups excluding carboxylic acids is 1. The summed E-state index contributed by atoms with van der Waals surface area (Å²) in [5.41, 5.74) is 0.419. The monoisotopic (exact) mass is 504 g/mol. The standard InChI is InChI=1S/C24H23F3N4O3S/c25-24(26,27)21-15-28-23(30-21)18-3-4-20(34-10-1-7-31-8-11-33-12-9-31)19(14-18)29-22(32)5-2-17-6-13-35-16-17/h3-4,6,13-16H,1,7-12H2,(H,28,30)(H,29,32). The normalized spacial score (nSPS) is 14.3. The minimum atomic E-state index is -4.54. The Labute approximate surface area is 204 Å². The molecule has 0 saturated carbocycles. The number of alkyl halides is 3. The number of thiophene rings is 1. The lowest BCUT2D eigenvalue weighted by Crippen LogP contribution is -2.37. The quantitative estimate of drug-likeness (QED) is 0.372. The van der Waals surface area contributed by atoms with Crippen LogP contribution in [0.2, 0.25) is 0 Å². The zero-order valence-corrected chi connectivity index (χ0v) is 19.5. The Bertz CT molecular complexity index is 1190. The average Bonchev–Trinajstić information content (AvgIpc) is 3.54. The molecule has 1 aliphatic rings. The number of nitrogens with one attached hydrogen (secondary N) is 2. The zero-order valence-electron chi connectivity index (χ0n) is 18.7. The Morgan fingerprint density at radius 1 is 1.29 bits per heavy atom. The summed E-state index contributed by atoms with van der Waals surface area (Å²) in [5, 5.41) is 6.36. The zero-order chi connectivity index (χ0) is 24.7. The molecule has 7 nitrogen and oxygen atoms in total. The lowest BCUT2D eigenvalue weighted by atomic mass is 10.1. The number of ether oxygens (including phenoxy) is 2. The number of amides is 1. The molecule has 3 aromatic rings. The van der Waals surface area contributed by atoms with E-state index in [1.165, 1.54) is 17.4 Å². The number of halogens is 3. The maximum Gasteiger partial charge on any atom is 0.432 e. The molecule has 2 aromatic heterocycles. The maximum absolute atomic E-state index is 13.0. The van der Waals surface area contributed by atoms with Crippen LogP contribution in [-0.4, -0.2) is 60.2 Å². The summed E-state index contributed by atoms with van der Waals surface area (Å²) >= 11 is 1.47. The molecule has 4 rings (SSSR count). The van der Waals surface area contributed by atoms with Crippen molar-refractivity contribution in [3.05, 3.63) is 52.5 Å². The molecule has 1 aromatic carbocycles. The van der Waals surface area contributed by atoms with Gasteiger partial charge in [-0.3, -0.25) is 9.69 Å². The van der Waals surface area contributed by atoms with Crippen molar-refractivity contribution in [2.75, 3.05) is 44.8 Å². The maximum atomic E-state index is 13.0. The van der Waals surface area contributed by atoms with E-state index in [1.54, 1.807) is 18.2 Å². The van der Waals surface area contributed by atoms with E-state index in [4.69, 9.17) is 9.47 Å². The molecule has 184 valence electrons. The van der Waals surface area contributed by atoms with Gasteiger partial charge < -0.3 is 19.8 Å². The molecule has 1 saturated heterocycles. The Morgan fingerprint density at radius 2 is 2.11 bits per heavy atom. The molecule has 3 heterocycles. The lowest BCUT2D eigenvalue weighted by Gasteiger charge is -2.26. The number of anilines is 1. The van der Waals surface area contributed by atoms with Crippen LogP contribution in [0.15, 0.2) is 41.2 Å². The molecule has 1 aliphatic heterocycles. The van der Waals surface area contributed by atoms with E-state index in [9.17, 15) is 18.0 Å². The molecule has 1 amide bonds. The van der Waals surface area contributed by atoms with E-state index in [-0.39, 0.29) is 5.82 Å². The first-order valence-corrected chi connectivity index (χ1v) is 11.9. The second kappa shape index (κ2) is 11.4. The van der Waals surface area contributed by atoms with Crippen molar-refractivity contribution in [1.82, 2.24) is 14.9 Å². The summed E-state index contributed by atoms with van der Waals surface area (Å²) in [6.45, 7) is 4.44. The second-order valence-electron chi connectivity index (χ2n) is 7.73. The van der Waals surface area contributed by atoms with Crippen molar-refractivity contribution >= 4 is 22.9 Å². The van der Waals surface area contributed by atoms with E-state index >= 15 is 0 Å². The highest BCUT2D eigenvalue weighted by Gasteiger charge is 2.33. The van der Waals surface area contributed by atoms with Gasteiger partial charge >= 0.3 is 12.1 Å². The SMILES string of the molecule is O=C(C#Cc1ccsc1)Nc1cc(-c2ncc(C(F)(F)F)[nH]2)ccc1OCCCN1CCOCC1. The van der Waals surface area contributed by atoms with Crippen molar-refractivity contribution in [3.8, 4) is 29.0 Å². The number of hydrogen-bond donors (Lipinski definition) is 2. The summed E-state index contributed by atoms with van der Waals surface area (Å²) < 4.78 is 50.1. The van der Waals surface area contributed by atoms with Gasteiger partial charge in [0, 0.05) is 42.1 Å². The van der Waals surface area contributed by atoms with Gasteiger partial charge in [0.25, 0.3) is 0 Å². The van der Waals surface area contributed by atoms with E-state index in [1.807, 2.05) is 10.8 Å². The van der Waals surface area contributed by atoms with Crippen LogP contribution >= 0.6 is 11.3 Å². The number of aromatic nitrogens is 2. The minimum absolute atomic E-state index is 0.0241. The first-order chi connectivity index (χ1) is 16.9. The third kappa shape index (κ3) is 7.08. The van der Waals surface area contributed by atoms with E-state index in [2.05, 4.69) is 32.0 Å². The average molecular weight is 505 g/mol. The van der Waals surface area contributed by atoms with Crippen LogP contribution in [0.3, 0.4) is 0 Å². The number of aromatic amines is 1. The summed E-state index contributed by atoms with van der Waals surface area (Å²) in [6.07, 6.45) is -3.04. The predicted molar refractivity (Wildman–Crippen MR) is 126 cm³/mol. The summed E-state index contributed by atoms with van der Waals surface area (Å²) in [5.74, 6) is 5.13. The van der Waals surface area contributed by atoms with Gasteiger partial charge in [0.05, 0.1) is 31.7 Å². The van der Waals surface area contributed by atoms with Gasteiger partial charge in [0.15, 0.2) is 0 Å². The van der Waals surface area contributed by atoms with Crippen LogP contribution in [0.25, 0.3) is 11.4 Å². The lowest BCUT2D eigenvalue weighted by molar-refractivity contribution is -0.140. The van der Waals surface area contributed by atoms with Crippen LogP contribution in [0.5, 0.6) is 5.75 Å². The number of H-pyrrole nitrogens is 1. The Balaban J connectivity index is 1.48. The van der Waals surface area contributed by atoms with E-state index in [0.717, 1.165) is 32.3 Å². The van der Waals surface area contributed by atoms with Crippen LogP contribution < -0.4 is 10.1 Å². The van der Waals surface area contributed by atoms with Crippen molar-refractivity contribution in [1.29, 1.82) is 0 Å². The van der Waals surface area contributed by atoms with Gasteiger partial charge in [0.2, 0.25) is 0 Å². The molecular weight excluding hydrogens is 481 g/mol. The van der Waals surface area contributed by atoms with E-state index < -0.39 is 17.8 Å². The number of carbonyl (C=O) groups is 1. The number of rotatable bonds is 7. The Kier molecular flexibility index (Phi) is 8.07. The summed E-state index contributed by atoms with van der Waals surface area (Å²) in [6, 6.07) is 6.49. The highest BCUT2D eigenvalue weighted by Crippen LogP contribution is 2.33. The molecule has 0 spiro atoms. The molecule has 1 fully saturated rings. The van der Waals surface area contributed by atoms with Crippen LogP contribution in [-0.2, 0) is 15.7 Å². The molecule has 35 heavy (non-hydrogen) atoms. The first-order valence-electron chi connectivity index (χ1n) is 10.9. The predicted octanol–water partition coefficient (Wildman–Crippen LogP) is 4.25. The number of hydrogen-bond acceptors (Lipinski definition) is 6. The third-order valence-electron chi connectivity index (χ3n) is 5.20. The molecule has 2 N–H and O–H groups in total. The van der Waals surface area contributed by atoms with Gasteiger partial charge in [-0.05, 0) is 36.1 Å². The Morgan fingerprint density at radius 3 is 2.83 bits per heavy atom. The van der Waals surface area contributed by atoms with Crippen LogP contribution in [0.1, 0.15) is 17.7 Å². The van der Waals surface area contributed by atoms with Gasteiger partial charge in [0.1, 0.15) is 17.3 Å². The fourth-order valence-electron chi connectivity index (χ4n) is 3.43. The van der Waals surface area contributed by atoms with Gasteiger partial charge in [-0.1, -0.05) is 5.92 Å². The molecule has 0 aliphatic carbocycles. The molecular formula is C24H23F3N4O3S. The number of nitrogens with zero attached hydrogens (tertiary/aromatic N) is 2. The smallest absolute Gasteiger partial charge is 0.432 e. The van der Waals surface area contributed by atoms with Crippen molar-refractivity contribution < 1.29 is 27.4 Å². The van der Waals surface area contributed by atoms with Gasteiger partial charge in [-0.15, -0.1) is 0 Å². The number of morpholine rings is 1. The first kappa shape index (κ1) is 24.8. The topological polar surface area (TPSA) is 79.5 Å². The van der Waals surface area contributed by atoms with E-state index in [0.29, 0.717) is 42.4 Å². The fourth-order valence-corrected chi connectivity index (χ4v) is 4.01. The van der Waals surface area contributed by atoms with Crippen molar-refractivity contribution in [2.24, 2.45) is 0 Å². The minimum Gasteiger partial charge on any atom is -0.491 e. The molecule has 0 unspecified atom stereocenters. The van der Waals surface area contributed by atoms with Crippen LogP contribution in [0, 0.1) is 11.8 Å².